The molecule has 1 heterocycles. The Kier molecular flexibility index (Phi) is 4.50. The topological polar surface area (TPSA) is 60.9 Å². The van der Waals surface area contributed by atoms with Crippen molar-refractivity contribution in [1.82, 2.24) is 4.90 Å². The van der Waals surface area contributed by atoms with Crippen molar-refractivity contribution < 1.29 is 14.7 Å². The number of carboxylic acid groups (broad SMARTS) is 1. The van der Waals surface area contributed by atoms with Gasteiger partial charge in [0.2, 0.25) is 0 Å². The number of carboxylic acids is 1. The van der Waals surface area contributed by atoms with Gasteiger partial charge in [-0.05, 0) is 30.0 Å². The molecule has 1 saturated heterocycles. The lowest BCUT2D eigenvalue weighted by molar-refractivity contribution is -0.142. The minimum Gasteiger partial charge on any atom is -0.481 e. The van der Waals surface area contributed by atoms with Gasteiger partial charge < -0.3 is 10.0 Å². The first kappa shape index (κ1) is 15.4. The minimum atomic E-state index is -0.826. The van der Waals surface area contributed by atoms with E-state index in [-0.39, 0.29) is 18.5 Å². The third kappa shape index (κ3) is 3.17. The van der Waals surface area contributed by atoms with Crippen LogP contribution in [0, 0.1) is 11.8 Å². The number of aliphatic carboxylic acids is 1. The largest absolute Gasteiger partial charge is 0.481 e. The highest BCUT2D eigenvalue weighted by Crippen LogP contribution is 2.25. The summed E-state index contributed by atoms with van der Waals surface area (Å²) in [6.45, 7) is 4.74. The fourth-order valence-electron chi connectivity index (χ4n) is 2.72. The lowest BCUT2D eigenvalue weighted by Gasteiger charge is -2.24. The van der Waals surface area contributed by atoms with Crippen molar-refractivity contribution >= 4 is 17.7 Å². The Morgan fingerprint density at radius 2 is 1.90 bits per heavy atom. The second-order valence-electron chi connectivity index (χ2n) is 5.69. The number of benzene rings is 1. The zero-order valence-corrected chi connectivity index (χ0v) is 12.7. The molecule has 0 aliphatic carbocycles. The van der Waals surface area contributed by atoms with Crippen LogP contribution in [0.5, 0.6) is 0 Å². The molecule has 2 atom stereocenters. The van der Waals surface area contributed by atoms with Gasteiger partial charge in [0.15, 0.2) is 0 Å². The van der Waals surface area contributed by atoms with Crippen LogP contribution in [-0.2, 0) is 11.2 Å². The fraction of sp³-hybridized carbons (Fsp3) is 0.500. The maximum Gasteiger partial charge on any atom is 0.324 e. The van der Waals surface area contributed by atoms with E-state index in [1.54, 1.807) is 16.8 Å². The van der Waals surface area contributed by atoms with Crippen molar-refractivity contribution in [1.29, 1.82) is 0 Å². The normalized spacial score (nSPS) is 21.4. The summed E-state index contributed by atoms with van der Waals surface area (Å²) < 4.78 is 0. The van der Waals surface area contributed by atoms with Crippen molar-refractivity contribution in [3.63, 3.8) is 0 Å². The number of likely N-dealkylation sites (tertiary alicyclic amines) is 1. The number of nitrogens with zero attached hydrogens (tertiary/aromatic N) is 2. The number of carbonyl (C=O) groups excluding carboxylic acids is 1. The molecule has 5 heteroatoms. The molecule has 1 aliphatic heterocycles. The van der Waals surface area contributed by atoms with Gasteiger partial charge in [0.1, 0.15) is 0 Å². The molecule has 2 amide bonds. The molecule has 1 aromatic carbocycles. The lowest BCUT2D eigenvalue weighted by atomic mass is 9.99. The van der Waals surface area contributed by atoms with E-state index in [4.69, 9.17) is 5.11 Å². The number of anilines is 1. The molecule has 1 aromatic rings. The predicted octanol–water partition coefficient (Wildman–Crippen LogP) is 2.46. The van der Waals surface area contributed by atoms with Crippen LogP contribution in [-0.4, -0.2) is 42.1 Å². The molecule has 0 unspecified atom stereocenters. The molecule has 2 rings (SSSR count). The van der Waals surface area contributed by atoms with Gasteiger partial charge in [-0.2, -0.15) is 0 Å². The van der Waals surface area contributed by atoms with Crippen molar-refractivity contribution in [2.24, 2.45) is 11.8 Å². The molecule has 0 aromatic heterocycles. The monoisotopic (exact) mass is 290 g/mol. The summed E-state index contributed by atoms with van der Waals surface area (Å²) in [5, 5.41) is 9.14. The van der Waals surface area contributed by atoms with E-state index in [1.165, 1.54) is 5.56 Å². The Morgan fingerprint density at radius 1 is 1.29 bits per heavy atom. The molecule has 1 N–H and O–H groups in total. The van der Waals surface area contributed by atoms with Gasteiger partial charge >= 0.3 is 12.0 Å². The smallest absolute Gasteiger partial charge is 0.324 e. The Balaban J connectivity index is 2.07. The van der Waals surface area contributed by atoms with Gasteiger partial charge in [-0.25, -0.2) is 4.79 Å². The number of carbonyl (C=O) groups is 2. The van der Waals surface area contributed by atoms with E-state index >= 15 is 0 Å². The zero-order chi connectivity index (χ0) is 15.6. The minimum absolute atomic E-state index is 0.0117. The van der Waals surface area contributed by atoms with Crippen LogP contribution in [0.4, 0.5) is 10.5 Å². The summed E-state index contributed by atoms with van der Waals surface area (Å²) in [4.78, 5) is 26.8. The molecule has 21 heavy (non-hydrogen) atoms. The number of hydrogen-bond donors (Lipinski definition) is 1. The Morgan fingerprint density at radius 3 is 2.38 bits per heavy atom. The first-order valence-electron chi connectivity index (χ1n) is 7.28. The van der Waals surface area contributed by atoms with Crippen LogP contribution in [0.2, 0.25) is 0 Å². The predicted molar refractivity (Wildman–Crippen MR) is 81.5 cm³/mol. The number of rotatable bonds is 3. The quantitative estimate of drug-likeness (QED) is 0.930. The molecule has 1 aliphatic rings. The van der Waals surface area contributed by atoms with E-state index in [2.05, 4.69) is 6.92 Å². The molecule has 1 fully saturated rings. The maximum absolute atomic E-state index is 12.5. The van der Waals surface area contributed by atoms with Gasteiger partial charge in [-0.15, -0.1) is 0 Å². The Bertz CT molecular complexity index is 527. The summed E-state index contributed by atoms with van der Waals surface area (Å²) in [5.74, 6) is -1.31. The molecule has 114 valence electrons. The highest BCUT2D eigenvalue weighted by atomic mass is 16.4. The molecule has 5 nitrogen and oxygen atoms in total. The number of aryl methyl sites for hydroxylation is 1. The van der Waals surface area contributed by atoms with E-state index in [0.29, 0.717) is 6.54 Å². The van der Waals surface area contributed by atoms with Gasteiger partial charge in [0, 0.05) is 25.8 Å². The van der Waals surface area contributed by atoms with Crippen molar-refractivity contribution in [2.75, 3.05) is 25.0 Å². The van der Waals surface area contributed by atoms with Crippen molar-refractivity contribution in [3.8, 4) is 0 Å². The third-order valence-corrected chi connectivity index (χ3v) is 4.22. The van der Waals surface area contributed by atoms with Crippen LogP contribution >= 0.6 is 0 Å². The average molecular weight is 290 g/mol. The van der Waals surface area contributed by atoms with Gasteiger partial charge in [-0.1, -0.05) is 26.0 Å². The van der Waals surface area contributed by atoms with Gasteiger partial charge in [0.25, 0.3) is 0 Å². The van der Waals surface area contributed by atoms with Crippen LogP contribution < -0.4 is 4.90 Å². The molecule has 0 bridgehead atoms. The standard InChI is InChI=1S/C16H22N2O3/c1-4-12-5-7-13(8-6-12)17(3)16(21)18-9-11(2)14(10-18)15(19)20/h5-8,11,14H,4,9-10H2,1-3H3,(H,19,20)/t11-,14-/m1/s1. The summed E-state index contributed by atoms with van der Waals surface area (Å²) in [7, 11) is 1.72. The van der Waals surface area contributed by atoms with Crippen molar-refractivity contribution in [2.45, 2.75) is 20.3 Å². The summed E-state index contributed by atoms with van der Waals surface area (Å²) >= 11 is 0. The van der Waals surface area contributed by atoms with E-state index in [0.717, 1.165) is 12.1 Å². The zero-order valence-electron chi connectivity index (χ0n) is 12.7. The van der Waals surface area contributed by atoms with E-state index in [9.17, 15) is 9.59 Å². The summed E-state index contributed by atoms with van der Waals surface area (Å²) in [6.07, 6.45) is 0.960. The molecule has 0 spiro atoms. The number of hydrogen-bond acceptors (Lipinski definition) is 2. The van der Waals surface area contributed by atoms with Gasteiger partial charge in [0.05, 0.1) is 5.92 Å². The molecule has 0 radical (unpaired) electrons. The van der Waals surface area contributed by atoms with E-state index in [1.807, 2.05) is 31.2 Å². The van der Waals surface area contributed by atoms with Crippen LogP contribution in [0.1, 0.15) is 19.4 Å². The second kappa shape index (κ2) is 6.16. The second-order valence-corrected chi connectivity index (χ2v) is 5.69. The van der Waals surface area contributed by atoms with Gasteiger partial charge in [-0.3, -0.25) is 9.69 Å². The van der Waals surface area contributed by atoms with Crippen LogP contribution in [0.3, 0.4) is 0 Å². The van der Waals surface area contributed by atoms with Crippen LogP contribution in [0.15, 0.2) is 24.3 Å². The summed E-state index contributed by atoms with van der Waals surface area (Å²) in [6, 6.07) is 7.71. The molecular formula is C16H22N2O3. The average Bonchev–Trinajstić information content (AvgIpc) is 2.88. The molecular weight excluding hydrogens is 268 g/mol. The summed E-state index contributed by atoms with van der Waals surface area (Å²) in [5.41, 5.74) is 2.05. The SMILES string of the molecule is CCc1ccc(N(C)C(=O)N2C[C@@H](C)[C@H](C(=O)O)C2)cc1. The highest BCUT2D eigenvalue weighted by Gasteiger charge is 2.38. The highest BCUT2D eigenvalue weighted by molar-refractivity contribution is 5.92. The third-order valence-electron chi connectivity index (χ3n) is 4.22. The first-order valence-corrected chi connectivity index (χ1v) is 7.28. The lowest BCUT2D eigenvalue weighted by Crippen LogP contribution is -2.40. The Hall–Kier alpha value is -2.04. The molecule has 0 saturated carbocycles. The first-order chi connectivity index (χ1) is 9.93. The van der Waals surface area contributed by atoms with E-state index < -0.39 is 11.9 Å². The van der Waals surface area contributed by atoms with Crippen LogP contribution in [0.25, 0.3) is 0 Å². The Labute approximate surface area is 125 Å². The maximum atomic E-state index is 12.5. The number of amides is 2. The number of urea groups is 1. The van der Waals surface area contributed by atoms with Crippen molar-refractivity contribution in [3.05, 3.63) is 29.8 Å². The fourth-order valence-corrected chi connectivity index (χ4v) is 2.72.